The van der Waals surface area contributed by atoms with E-state index in [1.54, 1.807) is 11.0 Å². The van der Waals surface area contributed by atoms with E-state index < -0.39 is 11.9 Å². The maximum atomic E-state index is 13.2. The van der Waals surface area contributed by atoms with Crippen molar-refractivity contribution in [1.82, 2.24) is 25.8 Å². The maximum Gasteiger partial charge on any atom is 0.255 e. The Morgan fingerprint density at radius 3 is 2.71 bits per heavy atom. The highest BCUT2D eigenvalue weighted by Crippen LogP contribution is 2.29. The molecule has 1 unspecified atom stereocenters. The fourth-order valence-corrected chi connectivity index (χ4v) is 4.41. The van der Waals surface area contributed by atoms with Crippen LogP contribution in [0.2, 0.25) is 0 Å². The molecule has 1 aromatic carbocycles. The molecular formula is C22H22FN5O3. The van der Waals surface area contributed by atoms with Crippen LogP contribution in [0.3, 0.4) is 0 Å². The Balaban J connectivity index is 1.30. The highest BCUT2D eigenvalue weighted by molar-refractivity contribution is 6.05. The molecule has 3 N–H and O–H groups in total. The lowest BCUT2D eigenvalue weighted by molar-refractivity contribution is -0.136. The van der Waals surface area contributed by atoms with Gasteiger partial charge in [-0.15, -0.1) is 0 Å². The summed E-state index contributed by atoms with van der Waals surface area (Å²) in [5.41, 5.74) is 2.79. The van der Waals surface area contributed by atoms with Gasteiger partial charge in [0, 0.05) is 38.2 Å². The monoisotopic (exact) mass is 423 g/mol. The van der Waals surface area contributed by atoms with Crippen molar-refractivity contribution in [1.29, 1.82) is 0 Å². The van der Waals surface area contributed by atoms with Crippen molar-refractivity contribution in [3.63, 3.8) is 0 Å². The molecule has 160 valence electrons. The predicted octanol–water partition coefficient (Wildman–Crippen LogP) is 0.570. The lowest BCUT2D eigenvalue weighted by atomic mass is 9.87. The first-order valence-electron chi connectivity index (χ1n) is 10.3. The Bertz CT molecular complexity index is 1070. The summed E-state index contributed by atoms with van der Waals surface area (Å²) in [5.74, 6) is -1.27. The molecule has 1 aromatic heterocycles. The molecule has 3 amide bonds. The van der Waals surface area contributed by atoms with Crippen molar-refractivity contribution in [3.8, 4) is 0 Å². The van der Waals surface area contributed by atoms with Crippen LogP contribution in [-0.4, -0.2) is 46.7 Å². The number of nitrogens with one attached hydrogen (secondary N) is 3. The van der Waals surface area contributed by atoms with Gasteiger partial charge in [0.05, 0.1) is 17.4 Å². The van der Waals surface area contributed by atoms with Crippen LogP contribution >= 0.6 is 0 Å². The Hall–Kier alpha value is -3.17. The number of amides is 3. The molecule has 0 aliphatic carbocycles. The molecule has 1 atom stereocenters. The summed E-state index contributed by atoms with van der Waals surface area (Å²) in [4.78, 5) is 42.4. The summed E-state index contributed by atoms with van der Waals surface area (Å²) in [6, 6.07) is 8.21. The fourth-order valence-electron chi connectivity index (χ4n) is 4.41. The largest absolute Gasteiger partial charge is 0.322 e. The van der Waals surface area contributed by atoms with Crippen LogP contribution in [0.1, 0.15) is 40.0 Å². The van der Waals surface area contributed by atoms with Gasteiger partial charge in [-0.2, -0.15) is 0 Å². The molecule has 0 saturated carbocycles. The van der Waals surface area contributed by atoms with Gasteiger partial charge >= 0.3 is 0 Å². The molecule has 31 heavy (non-hydrogen) atoms. The smallest absolute Gasteiger partial charge is 0.255 e. The first kappa shape index (κ1) is 19.8. The van der Waals surface area contributed by atoms with Crippen molar-refractivity contribution in [2.75, 3.05) is 13.1 Å². The van der Waals surface area contributed by atoms with Gasteiger partial charge < -0.3 is 10.2 Å². The topological polar surface area (TPSA) is 103 Å². The maximum absolute atomic E-state index is 13.2. The summed E-state index contributed by atoms with van der Waals surface area (Å²) in [6.07, 6.45) is 1.80. The van der Waals surface area contributed by atoms with Gasteiger partial charge in [-0.1, -0.05) is 12.1 Å². The minimum Gasteiger partial charge on any atom is -0.322 e. The summed E-state index contributed by atoms with van der Waals surface area (Å²) in [6.45, 7) is 2.23. The summed E-state index contributed by atoms with van der Waals surface area (Å²) in [7, 11) is 0. The molecule has 2 fully saturated rings. The summed E-state index contributed by atoms with van der Waals surface area (Å²) < 4.78 is 13.2. The van der Waals surface area contributed by atoms with Gasteiger partial charge in [0.1, 0.15) is 11.9 Å². The third-order valence-electron chi connectivity index (χ3n) is 6.29. The van der Waals surface area contributed by atoms with Gasteiger partial charge in [0.15, 0.2) is 0 Å². The molecule has 8 nitrogen and oxygen atoms in total. The van der Waals surface area contributed by atoms with Crippen molar-refractivity contribution in [2.45, 2.75) is 37.5 Å². The third kappa shape index (κ3) is 3.49. The van der Waals surface area contributed by atoms with Gasteiger partial charge in [0.25, 0.3) is 5.91 Å². The van der Waals surface area contributed by atoms with Gasteiger partial charge in [-0.3, -0.25) is 30.0 Å². The number of nitrogens with zero attached hydrogens (tertiary/aromatic N) is 2. The number of pyridine rings is 1. The lowest BCUT2D eigenvalue weighted by Crippen LogP contribution is -2.65. The minimum absolute atomic E-state index is 0.188. The first-order valence-corrected chi connectivity index (χ1v) is 10.3. The Labute approximate surface area is 178 Å². The van der Waals surface area contributed by atoms with E-state index in [2.05, 4.69) is 20.9 Å². The second-order valence-electron chi connectivity index (χ2n) is 8.29. The zero-order chi connectivity index (χ0) is 21.6. The highest BCUT2D eigenvalue weighted by atomic mass is 19.1. The van der Waals surface area contributed by atoms with Crippen LogP contribution in [0.15, 0.2) is 36.5 Å². The number of carbonyl (C=O) groups is 3. The second-order valence-corrected chi connectivity index (χ2v) is 8.29. The van der Waals surface area contributed by atoms with E-state index in [4.69, 9.17) is 0 Å². The molecule has 0 radical (unpaired) electrons. The van der Waals surface area contributed by atoms with E-state index in [9.17, 15) is 18.8 Å². The van der Waals surface area contributed by atoms with Gasteiger partial charge in [-0.05, 0) is 35.7 Å². The quantitative estimate of drug-likeness (QED) is 0.608. The predicted molar refractivity (Wildman–Crippen MR) is 108 cm³/mol. The number of rotatable bonds is 5. The van der Waals surface area contributed by atoms with Crippen molar-refractivity contribution in [3.05, 3.63) is 64.7 Å². The number of aromatic nitrogens is 1. The number of piperidine rings is 1. The van der Waals surface area contributed by atoms with E-state index in [0.717, 1.165) is 16.8 Å². The van der Waals surface area contributed by atoms with Crippen LogP contribution in [0, 0.1) is 5.82 Å². The van der Waals surface area contributed by atoms with Crippen LogP contribution in [-0.2, 0) is 28.2 Å². The number of hydrogen-bond acceptors (Lipinski definition) is 6. The van der Waals surface area contributed by atoms with Crippen LogP contribution in [0.4, 0.5) is 4.39 Å². The number of fused-ring (bicyclic) bond motifs is 1. The lowest BCUT2D eigenvalue weighted by Gasteiger charge is -2.43. The van der Waals surface area contributed by atoms with E-state index in [1.165, 1.54) is 12.3 Å². The summed E-state index contributed by atoms with van der Waals surface area (Å²) >= 11 is 0. The number of benzene rings is 1. The molecule has 2 saturated heterocycles. The highest BCUT2D eigenvalue weighted by Gasteiger charge is 2.41. The third-order valence-corrected chi connectivity index (χ3v) is 6.29. The van der Waals surface area contributed by atoms with E-state index in [-0.39, 0.29) is 29.6 Å². The standard InChI is InChI=1S/C22H22FN5O3/c23-15-3-5-18(25-9-15)22(11-24-12-22)26-8-13-1-2-14-10-28(21(31)16(14)7-13)17-4-6-19(29)27-20(17)30/h1-3,5,7,9,17,24,26H,4,6,8,10-12H2,(H,27,29,30). The molecule has 0 spiro atoms. The number of halogens is 1. The Morgan fingerprint density at radius 2 is 2.03 bits per heavy atom. The fraction of sp³-hybridized carbons (Fsp3) is 0.364. The normalized spacial score (nSPS) is 22.2. The van der Waals surface area contributed by atoms with Crippen molar-refractivity contribution in [2.24, 2.45) is 0 Å². The van der Waals surface area contributed by atoms with E-state index >= 15 is 0 Å². The molecule has 5 rings (SSSR count). The molecule has 3 aliphatic rings. The Kier molecular flexibility index (Phi) is 4.79. The SMILES string of the molecule is O=C1CCC(N2Cc3ccc(CNC4(c5ccc(F)cn5)CNC4)cc3C2=O)C(=O)N1. The average molecular weight is 423 g/mol. The molecule has 4 heterocycles. The van der Waals surface area contributed by atoms with Crippen LogP contribution in [0.5, 0.6) is 0 Å². The van der Waals surface area contributed by atoms with Crippen LogP contribution in [0.25, 0.3) is 0 Å². The van der Waals surface area contributed by atoms with Gasteiger partial charge in [0.2, 0.25) is 11.8 Å². The van der Waals surface area contributed by atoms with E-state index in [0.29, 0.717) is 38.2 Å². The minimum atomic E-state index is -0.618. The molecule has 2 aromatic rings. The summed E-state index contributed by atoms with van der Waals surface area (Å²) in [5, 5.41) is 9.05. The second kappa shape index (κ2) is 7.51. The average Bonchev–Trinajstić information content (AvgIpc) is 3.04. The molecular weight excluding hydrogens is 401 g/mol. The molecule has 9 heteroatoms. The van der Waals surface area contributed by atoms with Crippen molar-refractivity contribution < 1.29 is 18.8 Å². The van der Waals surface area contributed by atoms with Gasteiger partial charge in [-0.25, -0.2) is 4.39 Å². The number of hydrogen-bond donors (Lipinski definition) is 3. The van der Waals surface area contributed by atoms with Crippen LogP contribution < -0.4 is 16.0 Å². The number of carbonyl (C=O) groups excluding carboxylic acids is 3. The zero-order valence-corrected chi connectivity index (χ0v) is 16.8. The zero-order valence-electron chi connectivity index (χ0n) is 16.8. The molecule has 3 aliphatic heterocycles. The molecule has 0 bridgehead atoms. The van der Waals surface area contributed by atoms with Crippen molar-refractivity contribution >= 4 is 17.7 Å². The first-order chi connectivity index (χ1) is 14.9. The van der Waals surface area contributed by atoms with E-state index in [1.807, 2.05) is 18.2 Å². The number of imide groups is 1. The Morgan fingerprint density at radius 1 is 1.19 bits per heavy atom.